The second kappa shape index (κ2) is 8.52. The lowest BCUT2D eigenvalue weighted by atomic mass is 9.90. The molecule has 0 aromatic heterocycles. The van der Waals surface area contributed by atoms with Gasteiger partial charge in [0, 0.05) is 20.2 Å². The molecule has 3 rings (SSSR count). The number of benzene rings is 2. The third-order valence-corrected chi connectivity index (χ3v) is 7.11. The van der Waals surface area contributed by atoms with Crippen LogP contribution in [0.3, 0.4) is 0 Å². The van der Waals surface area contributed by atoms with Crippen LogP contribution in [0, 0.1) is 0 Å². The maximum absolute atomic E-state index is 12.9. The number of hydrogen-bond donors (Lipinski definition) is 0. The summed E-state index contributed by atoms with van der Waals surface area (Å²) in [7, 11) is -1.98. The number of nitrogens with zero attached hydrogens (tertiary/aromatic N) is 1. The van der Waals surface area contributed by atoms with E-state index in [-0.39, 0.29) is 11.7 Å². The van der Waals surface area contributed by atoms with Crippen molar-refractivity contribution in [3.8, 4) is 5.75 Å². The number of sulfonamides is 1. The Morgan fingerprint density at radius 2 is 1.81 bits per heavy atom. The predicted octanol–water partition coefficient (Wildman–Crippen LogP) is 4.00. The normalized spacial score (nSPS) is 16.5. The summed E-state index contributed by atoms with van der Waals surface area (Å²) in [5, 5.41) is 0. The molecule has 26 heavy (non-hydrogen) atoms. The zero-order valence-corrected chi connectivity index (χ0v) is 17.0. The molecule has 0 amide bonds. The second-order valence-corrected chi connectivity index (χ2v) is 9.02. The fourth-order valence-electron chi connectivity index (χ4n) is 3.19. The van der Waals surface area contributed by atoms with E-state index in [0.29, 0.717) is 29.2 Å². The van der Waals surface area contributed by atoms with Gasteiger partial charge in [-0.3, -0.25) is 0 Å². The third-order valence-electron chi connectivity index (χ3n) is 4.60. The first-order chi connectivity index (χ1) is 12.5. The molecule has 0 N–H and O–H groups in total. The van der Waals surface area contributed by atoms with Crippen molar-refractivity contribution in [1.82, 2.24) is 4.31 Å². The van der Waals surface area contributed by atoms with Gasteiger partial charge in [0.1, 0.15) is 5.75 Å². The number of halogens is 1. The molecule has 1 aliphatic rings. The Hall–Kier alpha value is -1.41. The van der Waals surface area contributed by atoms with Crippen LogP contribution < -0.4 is 4.74 Å². The number of piperidine rings is 1. The summed E-state index contributed by atoms with van der Waals surface area (Å²) in [6.45, 7) is 1.17. The van der Waals surface area contributed by atoms with E-state index in [9.17, 15) is 8.42 Å². The Labute approximate surface area is 163 Å². The van der Waals surface area contributed by atoms with Gasteiger partial charge in [-0.05, 0) is 58.5 Å². The van der Waals surface area contributed by atoms with Crippen LogP contribution >= 0.6 is 15.9 Å². The molecule has 140 valence electrons. The summed E-state index contributed by atoms with van der Waals surface area (Å²) < 4.78 is 38.3. The molecular formula is C19H22BrNO4S. The molecular weight excluding hydrogens is 418 g/mol. The van der Waals surface area contributed by atoms with Gasteiger partial charge in [0.25, 0.3) is 0 Å². The largest absolute Gasteiger partial charge is 0.466 e. The molecule has 1 heterocycles. The van der Waals surface area contributed by atoms with Crippen molar-refractivity contribution in [2.24, 2.45) is 0 Å². The fraction of sp³-hybridized carbons (Fsp3) is 0.368. The van der Waals surface area contributed by atoms with Crippen LogP contribution in [0.15, 0.2) is 57.9 Å². The monoisotopic (exact) mass is 439 g/mol. The highest BCUT2D eigenvalue weighted by Crippen LogP contribution is 2.33. The van der Waals surface area contributed by atoms with Crippen molar-refractivity contribution in [1.29, 1.82) is 0 Å². The van der Waals surface area contributed by atoms with Gasteiger partial charge in [-0.25, -0.2) is 8.42 Å². The van der Waals surface area contributed by atoms with Gasteiger partial charge in [0.15, 0.2) is 6.79 Å². The third kappa shape index (κ3) is 4.28. The van der Waals surface area contributed by atoms with Gasteiger partial charge in [-0.2, -0.15) is 4.31 Å². The smallest absolute Gasteiger partial charge is 0.243 e. The SMILES string of the molecule is COCOc1ccc(S(=O)(=O)N2CCC(c3ccccc3)CC2)cc1Br. The molecule has 1 aliphatic heterocycles. The Bertz CT molecular complexity index is 834. The first-order valence-electron chi connectivity index (χ1n) is 8.49. The molecule has 0 atom stereocenters. The van der Waals surface area contributed by atoms with Gasteiger partial charge in [0.2, 0.25) is 10.0 Å². The summed E-state index contributed by atoms with van der Waals surface area (Å²) in [6, 6.07) is 15.1. The number of methoxy groups -OCH3 is 1. The topological polar surface area (TPSA) is 55.8 Å². The first-order valence-corrected chi connectivity index (χ1v) is 10.7. The van der Waals surface area contributed by atoms with Crippen molar-refractivity contribution in [3.63, 3.8) is 0 Å². The van der Waals surface area contributed by atoms with E-state index in [0.717, 1.165) is 12.8 Å². The standard InChI is InChI=1S/C19H22BrNO4S/c1-24-14-25-19-8-7-17(13-18(19)20)26(22,23)21-11-9-16(10-12-21)15-5-3-2-4-6-15/h2-8,13,16H,9-12,14H2,1H3. The molecule has 0 radical (unpaired) electrons. The second-order valence-electron chi connectivity index (χ2n) is 6.23. The maximum Gasteiger partial charge on any atom is 0.243 e. The zero-order chi connectivity index (χ0) is 18.6. The van der Waals surface area contributed by atoms with Crippen molar-refractivity contribution >= 4 is 26.0 Å². The van der Waals surface area contributed by atoms with Crippen LogP contribution in [0.5, 0.6) is 5.75 Å². The molecule has 0 saturated carbocycles. The number of rotatable bonds is 6. The quantitative estimate of drug-likeness (QED) is 0.638. The summed E-state index contributed by atoms with van der Waals surface area (Å²) in [5.74, 6) is 0.966. The molecule has 1 saturated heterocycles. The van der Waals surface area contributed by atoms with E-state index >= 15 is 0 Å². The van der Waals surface area contributed by atoms with Crippen LogP contribution in [0.2, 0.25) is 0 Å². The van der Waals surface area contributed by atoms with Gasteiger partial charge in [-0.15, -0.1) is 0 Å². The molecule has 1 fully saturated rings. The van der Waals surface area contributed by atoms with Gasteiger partial charge >= 0.3 is 0 Å². The van der Waals surface area contributed by atoms with Crippen LogP contribution in [0.4, 0.5) is 0 Å². The van der Waals surface area contributed by atoms with Gasteiger partial charge in [-0.1, -0.05) is 30.3 Å². The van der Waals surface area contributed by atoms with E-state index in [1.807, 2.05) is 18.2 Å². The van der Waals surface area contributed by atoms with Gasteiger partial charge in [0.05, 0.1) is 9.37 Å². The molecule has 0 unspecified atom stereocenters. The van der Waals surface area contributed by atoms with Crippen molar-refractivity contribution in [3.05, 3.63) is 58.6 Å². The Kier molecular flexibility index (Phi) is 6.34. The van der Waals surface area contributed by atoms with Crippen molar-refractivity contribution in [2.75, 3.05) is 27.0 Å². The first kappa shape index (κ1) is 19.4. The average Bonchev–Trinajstić information content (AvgIpc) is 2.68. The molecule has 2 aromatic carbocycles. The van der Waals surface area contributed by atoms with Crippen LogP contribution in [-0.2, 0) is 14.8 Å². The minimum atomic E-state index is -3.51. The summed E-state index contributed by atoms with van der Waals surface area (Å²) in [6.07, 6.45) is 1.67. The Morgan fingerprint density at radius 3 is 2.42 bits per heavy atom. The fourth-order valence-corrected chi connectivity index (χ4v) is 5.33. The summed E-state index contributed by atoms with van der Waals surface area (Å²) >= 11 is 3.37. The molecule has 0 spiro atoms. The predicted molar refractivity (Wildman–Crippen MR) is 104 cm³/mol. The van der Waals surface area contributed by atoms with E-state index in [1.54, 1.807) is 22.5 Å². The lowest BCUT2D eigenvalue weighted by Crippen LogP contribution is -2.37. The van der Waals surface area contributed by atoms with Crippen molar-refractivity contribution in [2.45, 2.75) is 23.7 Å². The highest BCUT2D eigenvalue weighted by molar-refractivity contribution is 9.10. The minimum absolute atomic E-state index is 0.109. The average molecular weight is 440 g/mol. The van der Waals surface area contributed by atoms with Crippen LogP contribution in [0.25, 0.3) is 0 Å². The van der Waals surface area contributed by atoms with E-state index < -0.39 is 10.0 Å². The molecule has 2 aromatic rings. The Balaban J connectivity index is 1.70. The molecule has 0 aliphatic carbocycles. The van der Waals surface area contributed by atoms with Crippen LogP contribution in [-0.4, -0.2) is 39.7 Å². The highest BCUT2D eigenvalue weighted by Gasteiger charge is 2.30. The lowest BCUT2D eigenvalue weighted by molar-refractivity contribution is 0.0505. The van der Waals surface area contributed by atoms with E-state index in [2.05, 4.69) is 28.1 Å². The lowest BCUT2D eigenvalue weighted by Gasteiger charge is -2.31. The van der Waals surface area contributed by atoms with Gasteiger partial charge < -0.3 is 9.47 Å². The molecule has 7 heteroatoms. The molecule has 5 nitrogen and oxygen atoms in total. The minimum Gasteiger partial charge on any atom is -0.466 e. The highest BCUT2D eigenvalue weighted by atomic mass is 79.9. The molecule has 0 bridgehead atoms. The summed E-state index contributed by atoms with van der Waals surface area (Å²) in [5.41, 5.74) is 1.28. The Morgan fingerprint density at radius 1 is 1.12 bits per heavy atom. The van der Waals surface area contributed by atoms with E-state index in [4.69, 9.17) is 9.47 Å². The maximum atomic E-state index is 12.9. The van der Waals surface area contributed by atoms with Crippen molar-refractivity contribution < 1.29 is 17.9 Å². The number of hydrogen-bond acceptors (Lipinski definition) is 4. The zero-order valence-electron chi connectivity index (χ0n) is 14.6. The van der Waals surface area contributed by atoms with Crippen LogP contribution in [0.1, 0.15) is 24.3 Å². The summed E-state index contributed by atoms with van der Waals surface area (Å²) in [4.78, 5) is 0.271. The number of ether oxygens (including phenoxy) is 2. The van der Waals surface area contributed by atoms with E-state index in [1.165, 1.54) is 12.7 Å².